The Morgan fingerprint density at radius 1 is 0.491 bits per heavy atom. The lowest BCUT2D eigenvalue weighted by atomic mass is 10.0. The number of rotatable bonds is 46. The van der Waals surface area contributed by atoms with Gasteiger partial charge in [-0.05, 0) is 51.4 Å². The van der Waals surface area contributed by atoms with E-state index in [2.05, 4.69) is 38.2 Å². The fourth-order valence-electron chi connectivity index (χ4n) is 7.96. The van der Waals surface area contributed by atoms with E-state index in [9.17, 15) is 19.8 Å². The van der Waals surface area contributed by atoms with Crippen LogP contribution in [-0.4, -0.2) is 46.9 Å². The largest absolute Gasteiger partial charge is 0.462 e. The second kappa shape index (κ2) is 45.7. The maximum absolute atomic E-state index is 13.2. The predicted molar refractivity (Wildman–Crippen MR) is 246 cm³/mol. The summed E-state index contributed by atoms with van der Waals surface area (Å²) in [6.45, 7) is 6.48. The van der Waals surface area contributed by atoms with Gasteiger partial charge in [-0.15, -0.1) is 0 Å². The number of esters is 1. The first-order valence-electron chi connectivity index (χ1n) is 25.4. The first kappa shape index (κ1) is 55.6. The molecule has 0 aromatic rings. The summed E-state index contributed by atoms with van der Waals surface area (Å²) in [5, 5.41) is 23.7. The summed E-state index contributed by atoms with van der Waals surface area (Å²) < 4.78 is 5.92. The Bertz CT molecular complexity index is 863. The predicted octanol–water partition coefficient (Wildman–Crippen LogP) is 15.0. The van der Waals surface area contributed by atoms with E-state index < -0.39 is 18.2 Å². The van der Waals surface area contributed by atoms with E-state index in [0.29, 0.717) is 19.3 Å². The Labute approximate surface area is 355 Å². The van der Waals surface area contributed by atoms with Gasteiger partial charge in [0, 0.05) is 6.42 Å². The molecule has 0 aliphatic carbocycles. The molecule has 0 aliphatic rings. The summed E-state index contributed by atoms with van der Waals surface area (Å²) >= 11 is 0. The van der Waals surface area contributed by atoms with Crippen LogP contribution in [0.3, 0.4) is 0 Å². The summed E-state index contributed by atoms with van der Waals surface area (Å²) in [7, 11) is 0. The lowest BCUT2D eigenvalue weighted by Crippen LogP contribution is -2.46. The second-order valence-electron chi connectivity index (χ2n) is 17.6. The van der Waals surface area contributed by atoms with Crippen LogP contribution in [0, 0.1) is 0 Å². The van der Waals surface area contributed by atoms with Crippen molar-refractivity contribution in [3.63, 3.8) is 0 Å². The molecule has 0 saturated carbocycles. The molecule has 0 radical (unpaired) electrons. The second-order valence-corrected chi connectivity index (χ2v) is 17.6. The number of aliphatic hydroxyl groups is 2. The monoisotopic (exact) mass is 806 g/mol. The summed E-state index contributed by atoms with van der Waals surface area (Å²) in [5.74, 6) is -0.474. The van der Waals surface area contributed by atoms with E-state index in [4.69, 9.17) is 4.74 Å². The Morgan fingerprint density at radius 3 is 1.26 bits per heavy atom. The molecule has 0 heterocycles. The number of nitrogens with one attached hydrogen (secondary N) is 1. The molecule has 0 fully saturated rings. The van der Waals surface area contributed by atoms with Gasteiger partial charge in [0.25, 0.3) is 0 Å². The highest BCUT2D eigenvalue weighted by Crippen LogP contribution is 2.18. The number of allylic oxidation sites excluding steroid dienone is 2. The van der Waals surface area contributed by atoms with Crippen LogP contribution in [-0.2, 0) is 14.3 Å². The average molecular weight is 806 g/mol. The summed E-state index contributed by atoms with van der Waals surface area (Å²) in [5.41, 5.74) is 0. The Kier molecular flexibility index (Phi) is 44.6. The SMILES string of the molecule is CCCCCCCCC/C=C/CCCCCC(CC(=O)NC(CO)C(O)CCCCCCCCCCCC)OC(=O)CCCCCCCCCCCCCCCC. The molecule has 0 saturated heterocycles. The molecular formula is C51H99NO5. The van der Waals surface area contributed by atoms with Crippen molar-refractivity contribution in [3.05, 3.63) is 12.2 Å². The molecular weight excluding hydrogens is 707 g/mol. The zero-order valence-electron chi connectivity index (χ0n) is 38.5. The van der Waals surface area contributed by atoms with Crippen LogP contribution in [0.15, 0.2) is 12.2 Å². The zero-order valence-corrected chi connectivity index (χ0v) is 38.5. The van der Waals surface area contributed by atoms with Crippen molar-refractivity contribution in [3.8, 4) is 0 Å². The molecule has 0 aromatic carbocycles. The van der Waals surface area contributed by atoms with Gasteiger partial charge in [-0.2, -0.15) is 0 Å². The molecule has 6 nitrogen and oxygen atoms in total. The average Bonchev–Trinajstić information content (AvgIpc) is 3.20. The third kappa shape index (κ3) is 41.1. The topological polar surface area (TPSA) is 95.9 Å². The van der Waals surface area contributed by atoms with E-state index >= 15 is 0 Å². The van der Waals surface area contributed by atoms with Gasteiger partial charge in [0.15, 0.2) is 0 Å². The van der Waals surface area contributed by atoms with Crippen molar-refractivity contribution >= 4 is 11.9 Å². The quantitative estimate of drug-likeness (QED) is 0.0323. The smallest absolute Gasteiger partial charge is 0.306 e. The molecule has 0 spiro atoms. The van der Waals surface area contributed by atoms with Gasteiger partial charge in [0.2, 0.25) is 5.91 Å². The van der Waals surface area contributed by atoms with Crippen LogP contribution in [0.5, 0.6) is 0 Å². The number of amides is 1. The highest BCUT2D eigenvalue weighted by atomic mass is 16.5. The van der Waals surface area contributed by atoms with E-state index in [1.807, 2.05) is 0 Å². The molecule has 0 rings (SSSR count). The molecule has 338 valence electrons. The highest BCUT2D eigenvalue weighted by Gasteiger charge is 2.24. The maximum Gasteiger partial charge on any atom is 0.306 e. The van der Waals surface area contributed by atoms with E-state index in [0.717, 1.165) is 57.8 Å². The minimum absolute atomic E-state index is 0.0737. The molecule has 0 bridgehead atoms. The highest BCUT2D eigenvalue weighted by molar-refractivity contribution is 5.77. The van der Waals surface area contributed by atoms with E-state index in [1.165, 1.54) is 173 Å². The number of aliphatic hydroxyl groups excluding tert-OH is 2. The van der Waals surface area contributed by atoms with Crippen molar-refractivity contribution in [2.45, 2.75) is 296 Å². The lowest BCUT2D eigenvalue weighted by Gasteiger charge is -2.24. The summed E-state index contributed by atoms with van der Waals surface area (Å²) in [6, 6.07) is -0.698. The van der Waals surface area contributed by atoms with Crippen LogP contribution < -0.4 is 5.32 Å². The van der Waals surface area contributed by atoms with Gasteiger partial charge in [-0.1, -0.05) is 226 Å². The van der Waals surface area contributed by atoms with E-state index in [1.54, 1.807) is 0 Å². The molecule has 57 heavy (non-hydrogen) atoms. The van der Waals surface area contributed by atoms with Gasteiger partial charge in [0.1, 0.15) is 6.10 Å². The van der Waals surface area contributed by atoms with Gasteiger partial charge in [0.05, 0.1) is 25.2 Å². The molecule has 6 heteroatoms. The molecule has 1 amide bonds. The number of carbonyl (C=O) groups is 2. The maximum atomic E-state index is 13.2. The van der Waals surface area contributed by atoms with Crippen molar-refractivity contribution in [1.82, 2.24) is 5.32 Å². The van der Waals surface area contributed by atoms with Gasteiger partial charge in [-0.25, -0.2) is 0 Å². The number of hydrogen-bond acceptors (Lipinski definition) is 5. The van der Waals surface area contributed by atoms with Crippen LogP contribution >= 0.6 is 0 Å². The summed E-state index contributed by atoms with van der Waals surface area (Å²) in [4.78, 5) is 26.1. The zero-order chi connectivity index (χ0) is 41.7. The third-order valence-corrected chi connectivity index (χ3v) is 11.8. The van der Waals surface area contributed by atoms with Gasteiger partial charge >= 0.3 is 5.97 Å². The first-order chi connectivity index (χ1) is 28.0. The van der Waals surface area contributed by atoms with Crippen LogP contribution in [0.2, 0.25) is 0 Å². The fraction of sp³-hybridized carbons (Fsp3) is 0.922. The number of ether oxygens (including phenoxy) is 1. The van der Waals surface area contributed by atoms with Gasteiger partial charge in [-0.3, -0.25) is 9.59 Å². The minimum atomic E-state index is -0.784. The Morgan fingerprint density at radius 2 is 0.842 bits per heavy atom. The van der Waals surface area contributed by atoms with Crippen molar-refractivity contribution < 1.29 is 24.5 Å². The van der Waals surface area contributed by atoms with E-state index in [-0.39, 0.29) is 24.9 Å². The summed E-state index contributed by atoms with van der Waals surface area (Å²) in [6.07, 6.45) is 49.8. The molecule has 0 aromatic heterocycles. The minimum Gasteiger partial charge on any atom is -0.462 e. The van der Waals surface area contributed by atoms with Crippen molar-refractivity contribution in [2.75, 3.05) is 6.61 Å². The third-order valence-electron chi connectivity index (χ3n) is 11.8. The van der Waals surface area contributed by atoms with Crippen molar-refractivity contribution in [1.29, 1.82) is 0 Å². The Hall–Kier alpha value is -1.40. The fourth-order valence-corrected chi connectivity index (χ4v) is 7.96. The molecule has 0 aliphatic heterocycles. The van der Waals surface area contributed by atoms with Crippen LogP contribution in [0.4, 0.5) is 0 Å². The number of carbonyl (C=O) groups excluding carboxylic acids is 2. The first-order valence-corrected chi connectivity index (χ1v) is 25.4. The standard InChI is InChI=1S/C51H99NO5/c1-4-7-10-13-16-19-22-24-26-28-30-33-36-39-42-47(57-51(56)44-41-38-35-32-29-27-25-23-20-17-14-11-8-5-2)45-50(55)52-48(46-53)49(54)43-40-37-34-31-21-18-15-12-9-6-3/h26,28,47-49,53-54H,4-25,27,29-46H2,1-3H3,(H,52,55)/b28-26+. The van der Waals surface area contributed by atoms with Crippen LogP contribution in [0.25, 0.3) is 0 Å². The van der Waals surface area contributed by atoms with Crippen molar-refractivity contribution in [2.24, 2.45) is 0 Å². The Balaban J connectivity index is 4.57. The molecule has 3 unspecified atom stereocenters. The molecule has 3 N–H and O–H groups in total. The lowest BCUT2D eigenvalue weighted by molar-refractivity contribution is -0.151. The normalized spacial score (nSPS) is 13.3. The van der Waals surface area contributed by atoms with Gasteiger partial charge < -0.3 is 20.3 Å². The van der Waals surface area contributed by atoms with Crippen LogP contribution in [0.1, 0.15) is 278 Å². The number of hydrogen-bond donors (Lipinski definition) is 3. The molecule has 3 atom stereocenters. The number of unbranched alkanes of at least 4 members (excludes halogenated alkanes) is 32.